The number of carbonyl (C=O) groups is 1. The van der Waals surface area contributed by atoms with E-state index in [1.807, 2.05) is 0 Å². The highest BCUT2D eigenvalue weighted by Crippen LogP contribution is 2.65. The van der Waals surface area contributed by atoms with Gasteiger partial charge in [0.05, 0.1) is 25.2 Å². The summed E-state index contributed by atoms with van der Waals surface area (Å²) >= 11 is 0. The molecule has 1 aromatic rings. The van der Waals surface area contributed by atoms with E-state index in [9.17, 15) is 4.79 Å². The van der Waals surface area contributed by atoms with Gasteiger partial charge in [-0.25, -0.2) is 0 Å². The molecule has 128 valence electrons. The van der Waals surface area contributed by atoms with E-state index in [0.717, 1.165) is 6.54 Å². The molecule has 0 N–H and O–H groups in total. The summed E-state index contributed by atoms with van der Waals surface area (Å²) in [6.45, 7) is 2.97. The molecule has 1 spiro atoms. The Labute approximate surface area is 147 Å². The molecule has 1 amide bonds. The first-order valence-corrected chi connectivity index (χ1v) is 9.75. The Bertz CT molecular complexity index is 848. The van der Waals surface area contributed by atoms with Crippen LogP contribution < -0.4 is 4.90 Å². The smallest absolute Gasteiger partial charge is 0.229 e. The molecular formula is C21H22N2O2. The lowest BCUT2D eigenvalue weighted by Crippen LogP contribution is -2.69. The van der Waals surface area contributed by atoms with Crippen molar-refractivity contribution in [1.29, 1.82) is 0 Å². The quantitative estimate of drug-likeness (QED) is 0.681. The maximum Gasteiger partial charge on any atom is 0.229 e. The lowest BCUT2D eigenvalue weighted by molar-refractivity contribution is -0.132. The minimum atomic E-state index is 0.104. The molecule has 1 aliphatic carbocycles. The molecule has 25 heavy (non-hydrogen) atoms. The van der Waals surface area contributed by atoms with Crippen molar-refractivity contribution in [1.82, 2.24) is 4.90 Å². The highest BCUT2D eigenvalue weighted by molar-refractivity contribution is 5.99. The maximum absolute atomic E-state index is 13.2. The molecular weight excluding hydrogens is 312 g/mol. The summed E-state index contributed by atoms with van der Waals surface area (Å²) in [7, 11) is 0. The van der Waals surface area contributed by atoms with Gasteiger partial charge in [-0.3, -0.25) is 9.69 Å². The molecule has 1 unspecified atom stereocenters. The van der Waals surface area contributed by atoms with Crippen molar-refractivity contribution in [2.75, 3.05) is 24.6 Å². The number of ether oxygens (including phenoxy) is 1. The third-order valence-corrected chi connectivity index (χ3v) is 8.22. The van der Waals surface area contributed by atoms with Gasteiger partial charge in [0, 0.05) is 29.6 Å². The zero-order valence-corrected chi connectivity index (χ0v) is 14.2. The molecule has 6 aliphatic rings. The largest absolute Gasteiger partial charge is 0.373 e. The van der Waals surface area contributed by atoms with Crippen molar-refractivity contribution in [2.45, 2.75) is 42.9 Å². The number of fused-ring (bicyclic) bond motifs is 2. The highest BCUT2D eigenvalue weighted by Gasteiger charge is 2.70. The fourth-order valence-electron chi connectivity index (χ4n) is 7.51. The number of hydrogen-bond acceptors (Lipinski definition) is 3. The number of rotatable bonds is 0. The van der Waals surface area contributed by atoms with Crippen LogP contribution in [-0.4, -0.2) is 48.7 Å². The number of carbonyl (C=O) groups excluding carboxylic acids is 1. The topological polar surface area (TPSA) is 32.8 Å². The lowest BCUT2D eigenvalue weighted by atomic mass is 9.53. The van der Waals surface area contributed by atoms with E-state index in [2.05, 4.69) is 40.1 Å². The maximum atomic E-state index is 13.2. The number of para-hydroxylation sites is 1. The van der Waals surface area contributed by atoms with Crippen LogP contribution in [0.5, 0.6) is 0 Å². The summed E-state index contributed by atoms with van der Waals surface area (Å²) in [4.78, 5) is 18.1. The summed E-state index contributed by atoms with van der Waals surface area (Å²) in [6.07, 6.45) is 5.43. The van der Waals surface area contributed by atoms with Gasteiger partial charge in [-0.15, -0.1) is 0 Å². The summed E-state index contributed by atoms with van der Waals surface area (Å²) in [5.74, 6) is 1.35. The number of benzene rings is 1. The Morgan fingerprint density at radius 1 is 1.24 bits per heavy atom. The lowest BCUT2D eigenvalue weighted by Gasteiger charge is -2.58. The molecule has 5 aliphatic heterocycles. The average molecular weight is 334 g/mol. The molecule has 4 fully saturated rings. The minimum absolute atomic E-state index is 0.104. The van der Waals surface area contributed by atoms with Crippen LogP contribution in [0.3, 0.4) is 0 Å². The van der Waals surface area contributed by atoms with E-state index < -0.39 is 0 Å². The molecule has 3 saturated heterocycles. The molecule has 5 heterocycles. The Hall–Kier alpha value is -1.65. The second kappa shape index (κ2) is 4.18. The fourth-order valence-corrected chi connectivity index (χ4v) is 7.51. The van der Waals surface area contributed by atoms with Gasteiger partial charge < -0.3 is 9.64 Å². The fraction of sp³-hybridized carbons (Fsp3) is 0.571. The SMILES string of the molecule is O=C1C[C@@H]2OCC=C3CN4CCC56c7ccccc7N1[C@H]5[C@H]2[C@H]3C[C@H]46. The van der Waals surface area contributed by atoms with E-state index in [-0.39, 0.29) is 17.4 Å². The highest BCUT2D eigenvalue weighted by atomic mass is 16.5. The molecule has 6 atom stereocenters. The van der Waals surface area contributed by atoms with E-state index in [0.29, 0.717) is 36.9 Å². The van der Waals surface area contributed by atoms with Crippen LogP contribution in [0.15, 0.2) is 35.9 Å². The average Bonchev–Trinajstić information content (AvgIpc) is 3.10. The zero-order valence-electron chi connectivity index (χ0n) is 14.2. The second-order valence-electron chi connectivity index (χ2n) is 8.78. The Kier molecular flexibility index (Phi) is 2.27. The predicted molar refractivity (Wildman–Crippen MR) is 93.4 cm³/mol. The van der Waals surface area contributed by atoms with Crippen LogP contribution >= 0.6 is 0 Å². The predicted octanol–water partition coefficient (Wildman–Crippen LogP) is 2.09. The first kappa shape index (κ1) is 13.5. The van der Waals surface area contributed by atoms with Crippen molar-refractivity contribution >= 4 is 11.6 Å². The number of hydrogen-bond donors (Lipinski definition) is 0. The zero-order chi connectivity index (χ0) is 16.3. The Morgan fingerprint density at radius 2 is 2.16 bits per heavy atom. The van der Waals surface area contributed by atoms with Crippen molar-refractivity contribution in [3.05, 3.63) is 41.5 Å². The van der Waals surface area contributed by atoms with Crippen LogP contribution in [0.25, 0.3) is 0 Å². The number of anilines is 1. The molecule has 2 bridgehead atoms. The first-order valence-electron chi connectivity index (χ1n) is 9.75. The first-order chi connectivity index (χ1) is 12.3. The molecule has 1 aromatic carbocycles. The number of piperidine rings is 2. The van der Waals surface area contributed by atoms with Crippen LogP contribution in [0.2, 0.25) is 0 Å². The van der Waals surface area contributed by atoms with Crippen LogP contribution in [0.4, 0.5) is 5.69 Å². The number of nitrogens with zero attached hydrogens (tertiary/aromatic N) is 2. The summed E-state index contributed by atoms with van der Waals surface area (Å²) < 4.78 is 6.25. The monoisotopic (exact) mass is 334 g/mol. The van der Waals surface area contributed by atoms with Crippen molar-refractivity contribution in [2.24, 2.45) is 11.8 Å². The second-order valence-corrected chi connectivity index (χ2v) is 8.78. The van der Waals surface area contributed by atoms with Gasteiger partial charge in [0.2, 0.25) is 5.91 Å². The molecule has 0 aromatic heterocycles. The van der Waals surface area contributed by atoms with E-state index in [1.54, 1.807) is 5.57 Å². The van der Waals surface area contributed by atoms with Crippen LogP contribution in [0, 0.1) is 11.8 Å². The normalized spacial score (nSPS) is 45.9. The van der Waals surface area contributed by atoms with Crippen molar-refractivity contribution < 1.29 is 9.53 Å². The third kappa shape index (κ3) is 1.33. The minimum Gasteiger partial charge on any atom is -0.373 e. The van der Waals surface area contributed by atoms with E-state index in [1.165, 1.54) is 30.6 Å². The standard InChI is InChI=1S/C21H22N2O2/c24-18-10-16-19-13-9-17-21(6-7-22(17)11-12(13)5-8-25-16)14-3-1-2-4-15(14)23(18)20(19)21/h1-5,13,16-17,19-20H,6-11H2/t13-,16-,17-,19-,20-,21?/m0/s1. The van der Waals surface area contributed by atoms with Crippen molar-refractivity contribution in [3.63, 3.8) is 0 Å². The van der Waals surface area contributed by atoms with E-state index in [4.69, 9.17) is 4.74 Å². The van der Waals surface area contributed by atoms with Crippen LogP contribution in [-0.2, 0) is 14.9 Å². The third-order valence-electron chi connectivity index (χ3n) is 8.22. The van der Waals surface area contributed by atoms with Crippen molar-refractivity contribution in [3.8, 4) is 0 Å². The number of amides is 1. The van der Waals surface area contributed by atoms with Gasteiger partial charge in [0.1, 0.15) is 0 Å². The van der Waals surface area contributed by atoms with Gasteiger partial charge >= 0.3 is 0 Å². The van der Waals surface area contributed by atoms with Gasteiger partial charge in [-0.05, 0) is 36.9 Å². The summed E-state index contributed by atoms with van der Waals surface area (Å²) in [6, 6.07) is 9.64. The van der Waals surface area contributed by atoms with E-state index >= 15 is 0 Å². The van der Waals surface area contributed by atoms with Gasteiger partial charge in [0.25, 0.3) is 0 Å². The molecule has 1 saturated carbocycles. The Morgan fingerprint density at radius 3 is 3.12 bits per heavy atom. The molecule has 0 radical (unpaired) electrons. The van der Waals surface area contributed by atoms with Gasteiger partial charge in [-0.2, -0.15) is 0 Å². The molecule has 4 heteroatoms. The Balaban J connectivity index is 1.55. The summed E-state index contributed by atoms with van der Waals surface area (Å²) in [5.41, 5.74) is 4.35. The van der Waals surface area contributed by atoms with Gasteiger partial charge in [0.15, 0.2) is 0 Å². The molecule has 7 rings (SSSR count). The molecule has 4 nitrogen and oxygen atoms in total. The summed E-state index contributed by atoms with van der Waals surface area (Å²) in [5, 5.41) is 0. The van der Waals surface area contributed by atoms with Gasteiger partial charge in [-0.1, -0.05) is 29.8 Å². The van der Waals surface area contributed by atoms with Crippen LogP contribution in [0.1, 0.15) is 24.8 Å².